The number of aryl methyl sites for hydroxylation is 1. The van der Waals surface area contributed by atoms with E-state index in [0.717, 1.165) is 7.11 Å². The van der Waals surface area contributed by atoms with Gasteiger partial charge in [0.2, 0.25) is 0 Å². The summed E-state index contributed by atoms with van der Waals surface area (Å²) >= 11 is 0. The molecule has 2 aromatic heterocycles. The highest BCUT2D eigenvalue weighted by Gasteiger charge is 2.38. The second-order valence-corrected chi connectivity index (χ2v) is 10.4. The first-order valence-corrected chi connectivity index (χ1v) is 13.8. The van der Waals surface area contributed by atoms with Gasteiger partial charge in [0.1, 0.15) is 35.0 Å². The summed E-state index contributed by atoms with van der Waals surface area (Å²) in [5.74, 6) is -5.12. The molecular formula is C31H30F5N5O4. The Kier molecular flexibility index (Phi) is 9.54. The molecule has 0 bridgehead atoms. The number of pyridine rings is 1. The first kappa shape index (κ1) is 33.0. The minimum Gasteiger partial charge on any atom is -0.467 e. The fourth-order valence-corrected chi connectivity index (χ4v) is 4.90. The lowest BCUT2D eigenvalue weighted by atomic mass is 9.96. The van der Waals surface area contributed by atoms with Crippen LogP contribution in [0.15, 0.2) is 47.4 Å². The van der Waals surface area contributed by atoms with E-state index in [0.29, 0.717) is 45.6 Å². The maximum atomic E-state index is 14.9. The number of carbonyl (C=O) groups excluding carboxylic acids is 2. The number of nitrogens with one attached hydrogen (secondary N) is 2. The number of alkyl halides is 3. The Morgan fingerprint density at radius 2 is 1.76 bits per heavy atom. The zero-order valence-corrected chi connectivity index (χ0v) is 25.0. The van der Waals surface area contributed by atoms with E-state index in [9.17, 15) is 36.3 Å². The molecule has 0 spiro atoms. The first-order chi connectivity index (χ1) is 21.2. The van der Waals surface area contributed by atoms with Crippen molar-refractivity contribution in [1.82, 2.24) is 19.9 Å². The van der Waals surface area contributed by atoms with Gasteiger partial charge in [0.25, 0.3) is 11.5 Å². The van der Waals surface area contributed by atoms with E-state index in [1.807, 2.05) is 5.32 Å². The van der Waals surface area contributed by atoms with Crippen molar-refractivity contribution >= 4 is 28.5 Å². The number of benzene rings is 2. The van der Waals surface area contributed by atoms with Gasteiger partial charge in [-0.05, 0) is 44.0 Å². The number of nitrogens with zero attached hydrogens (tertiary/aromatic N) is 3. The SMILES string of the molecule is CC[C@@H](Nc1cc(F)c(C(=O)N[C@@H](Cc2ccc(-c3nc(C)c(C)n(C)c3=O)c3ncccc23)C(=O)OC)c(F)c1)C(F)(F)F. The van der Waals surface area contributed by atoms with Gasteiger partial charge in [-0.15, -0.1) is 0 Å². The Labute approximate surface area is 254 Å². The van der Waals surface area contributed by atoms with Gasteiger partial charge in [0, 0.05) is 42.0 Å². The third kappa shape index (κ3) is 6.79. The molecular weight excluding hydrogens is 601 g/mol. The Morgan fingerprint density at radius 1 is 1.09 bits per heavy atom. The van der Waals surface area contributed by atoms with Gasteiger partial charge >= 0.3 is 12.1 Å². The molecule has 2 N–H and O–H groups in total. The number of hydrogen-bond acceptors (Lipinski definition) is 7. The highest BCUT2D eigenvalue weighted by Crippen LogP contribution is 2.30. The van der Waals surface area contributed by atoms with Crippen molar-refractivity contribution in [2.75, 3.05) is 12.4 Å². The Hall–Kier alpha value is -4.88. The maximum absolute atomic E-state index is 14.9. The fourth-order valence-electron chi connectivity index (χ4n) is 4.90. The summed E-state index contributed by atoms with van der Waals surface area (Å²) in [4.78, 5) is 47.7. The lowest BCUT2D eigenvalue weighted by Crippen LogP contribution is -2.43. The summed E-state index contributed by atoms with van der Waals surface area (Å²) in [7, 11) is 2.70. The van der Waals surface area contributed by atoms with Gasteiger partial charge in [-0.3, -0.25) is 14.6 Å². The topological polar surface area (TPSA) is 115 Å². The quantitative estimate of drug-likeness (QED) is 0.194. The van der Waals surface area contributed by atoms with E-state index >= 15 is 0 Å². The summed E-state index contributed by atoms with van der Waals surface area (Å²) in [5, 5.41) is 4.81. The van der Waals surface area contributed by atoms with Crippen molar-refractivity contribution in [3.63, 3.8) is 0 Å². The van der Waals surface area contributed by atoms with Gasteiger partial charge in [0.15, 0.2) is 0 Å². The van der Waals surface area contributed by atoms with E-state index in [1.54, 1.807) is 45.2 Å². The van der Waals surface area contributed by atoms with Gasteiger partial charge < -0.3 is 19.9 Å². The van der Waals surface area contributed by atoms with E-state index in [1.165, 1.54) is 17.7 Å². The van der Waals surface area contributed by atoms with Crippen LogP contribution in [0.25, 0.3) is 22.2 Å². The third-order valence-corrected chi connectivity index (χ3v) is 7.56. The molecule has 0 aliphatic rings. The van der Waals surface area contributed by atoms with Crippen molar-refractivity contribution in [1.29, 1.82) is 0 Å². The van der Waals surface area contributed by atoms with Crippen molar-refractivity contribution in [3.05, 3.63) is 87.1 Å². The summed E-state index contributed by atoms with van der Waals surface area (Å²) in [5.41, 5.74) is 0.867. The van der Waals surface area contributed by atoms with Crippen molar-refractivity contribution < 1.29 is 36.3 Å². The van der Waals surface area contributed by atoms with Crippen LogP contribution in [0.3, 0.4) is 0 Å². The average Bonchev–Trinajstić information content (AvgIpc) is 2.99. The first-order valence-electron chi connectivity index (χ1n) is 13.8. The molecule has 2 heterocycles. The monoisotopic (exact) mass is 631 g/mol. The number of methoxy groups -OCH3 is 1. The zero-order chi connectivity index (χ0) is 33.2. The summed E-state index contributed by atoms with van der Waals surface area (Å²) < 4.78 is 75.5. The number of hydrogen-bond donors (Lipinski definition) is 2. The van der Waals surface area contributed by atoms with Crippen LogP contribution >= 0.6 is 0 Å². The molecule has 238 valence electrons. The minimum atomic E-state index is -4.67. The van der Waals surface area contributed by atoms with Crippen LogP contribution in [0.1, 0.15) is 40.7 Å². The molecule has 2 aromatic carbocycles. The fraction of sp³-hybridized carbons (Fsp3) is 0.323. The molecule has 1 amide bonds. The van der Waals surface area contributed by atoms with Crippen LogP contribution in [-0.2, 0) is 23.0 Å². The number of rotatable bonds is 9. The molecule has 0 unspecified atom stereocenters. The lowest BCUT2D eigenvalue weighted by molar-refractivity contribution is -0.143. The van der Waals surface area contributed by atoms with E-state index in [-0.39, 0.29) is 17.7 Å². The molecule has 45 heavy (non-hydrogen) atoms. The number of fused-ring (bicyclic) bond motifs is 1. The number of amides is 1. The standard InChI is InChI=1S/C31H30F5N5O4/c1-6-24(31(34,35)36)39-18-13-21(32)25(22(33)14-18)28(42)40-23(30(44)45-5)12-17-9-10-20(26-19(17)8-7-11-37-26)27-29(43)41(4)16(3)15(2)38-27/h7-11,13-14,23-24,39H,6,12H2,1-5H3,(H,40,42)/t23-,24+/m0/s1. The third-order valence-electron chi connectivity index (χ3n) is 7.56. The molecule has 0 fully saturated rings. The molecule has 0 aliphatic carbocycles. The summed E-state index contributed by atoms with van der Waals surface area (Å²) in [6.07, 6.45) is -3.76. The Balaban J connectivity index is 1.67. The predicted molar refractivity (Wildman–Crippen MR) is 157 cm³/mol. The van der Waals surface area contributed by atoms with Crippen LogP contribution in [0.4, 0.5) is 27.6 Å². The highest BCUT2D eigenvalue weighted by molar-refractivity contribution is 5.98. The molecule has 4 aromatic rings. The number of ether oxygens (including phenoxy) is 1. The lowest BCUT2D eigenvalue weighted by Gasteiger charge is -2.22. The Morgan fingerprint density at radius 3 is 2.36 bits per heavy atom. The predicted octanol–water partition coefficient (Wildman–Crippen LogP) is 5.16. The zero-order valence-electron chi connectivity index (χ0n) is 25.0. The maximum Gasteiger partial charge on any atom is 0.408 e. The van der Waals surface area contributed by atoms with E-state index < -0.39 is 59.4 Å². The van der Waals surface area contributed by atoms with Crippen molar-refractivity contribution in [2.45, 2.75) is 51.9 Å². The smallest absolute Gasteiger partial charge is 0.408 e. The van der Waals surface area contributed by atoms with Gasteiger partial charge in [0.05, 0.1) is 18.3 Å². The van der Waals surface area contributed by atoms with Crippen LogP contribution in [0.5, 0.6) is 0 Å². The number of esters is 1. The molecule has 0 radical (unpaired) electrons. The Bertz CT molecular complexity index is 1820. The normalized spacial score (nSPS) is 12.9. The molecule has 0 saturated heterocycles. The second-order valence-electron chi connectivity index (χ2n) is 10.4. The van der Waals surface area contributed by atoms with Gasteiger partial charge in [-0.25, -0.2) is 18.6 Å². The van der Waals surface area contributed by atoms with E-state index in [4.69, 9.17) is 4.74 Å². The summed E-state index contributed by atoms with van der Waals surface area (Å²) in [6, 6.07) is 4.19. The van der Waals surface area contributed by atoms with Gasteiger partial charge in [-0.2, -0.15) is 13.2 Å². The summed E-state index contributed by atoms with van der Waals surface area (Å²) in [6.45, 7) is 4.79. The van der Waals surface area contributed by atoms with Crippen molar-refractivity contribution in [2.24, 2.45) is 7.05 Å². The molecule has 2 atom stereocenters. The minimum absolute atomic E-state index is 0.165. The van der Waals surface area contributed by atoms with E-state index in [2.05, 4.69) is 15.3 Å². The molecule has 9 nitrogen and oxygen atoms in total. The number of carbonyl (C=O) groups is 2. The molecule has 0 saturated carbocycles. The highest BCUT2D eigenvalue weighted by atomic mass is 19.4. The number of aromatic nitrogens is 3. The van der Waals surface area contributed by atoms with Crippen LogP contribution < -0.4 is 16.2 Å². The average molecular weight is 632 g/mol. The van der Waals surface area contributed by atoms with Gasteiger partial charge in [-0.1, -0.05) is 25.1 Å². The van der Waals surface area contributed by atoms with Crippen LogP contribution in [-0.4, -0.2) is 51.8 Å². The second kappa shape index (κ2) is 13.0. The molecule has 4 rings (SSSR count). The molecule has 0 aliphatic heterocycles. The molecule has 14 heteroatoms. The van der Waals surface area contributed by atoms with Crippen LogP contribution in [0, 0.1) is 25.5 Å². The van der Waals surface area contributed by atoms with Crippen LogP contribution in [0.2, 0.25) is 0 Å². The number of halogens is 5. The van der Waals surface area contributed by atoms with Crippen molar-refractivity contribution in [3.8, 4) is 11.3 Å². The largest absolute Gasteiger partial charge is 0.467 e. The number of anilines is 1.